The van der Waals surface area contributed by atoms with Gasteiger partial charge in [0.2, 0.25) is 5.91 Å². The quantitative estimate of drug-likeness (QED) is 0.428. The number of carbonyl (C=O) groups is 2. The fourth-order valence-electron chi connectivity index (χ4n) is 1.93. The molecule has 0 aliphatic rings. The summed E-state index contributed by atoms with van der Waals surface area (Å²) in [6.07, 6.45) is 0. The minimum absolute atomic E-state index is 0.0983. The van der Waals surface area contributed by atoms with Gasteiger partial charge in [0.05, 0.1) is 12.0 Å². The highest BCUT2D eigenvalue weighted by atomic mass is 16.6. The number of nitro groups is 1. The minimum Gasteiger partial charge on any atom is -0.468 e. The van der Waals surface area contributed by atoms with Crippen LogP contribution in [0.3, 0.4) is 0 Å². The van der Waals surface area contributed by atoms with E-state index < -0.39 is 10.9 Å². The number of aromatic nitrogens is 2. The monoisotopic (exact) mass is 298 g/mol. The number of aryl methyl sites for hydroxylation is 1. The Hall–Kier alpha value is -2.45. The Balaban J connectivity index is 2.90. The average Bonchev–Trinajstić information content (AvgIpc) is 2.70. The normalized spacial score (nSPS) is 10.3. The molecule has 0 aliphatic heterocycles. The second kappa shape index (κ2) is 6.82. The van der Waals surface area contributed by atoms with Gasteiger partial charge in [0.15, 0.2) is 0 Å². The lowest BCUT2D eigenvalue weighted by Crippen LogP contribution is -2.38. The summed E-state index contributed by atoms with van der Waals surface area (Å²) < 4.78 is 5.79. The highest BCUT2D eigenvalue weighted by Gasteiger charge is 2.24. The first-order chi connectivity index (χ1) is 9.81. The highest BCUT2D eigenvalue weighted by molar-refractivity contribution is 5.82. The maximum absolute atomic E-state index is 12.1. The van der Waals surface area contributed by atoms with Crippen LogP contribution < -0.4 is 0 Å². The number of methoxy groups -OCH3 is 1. The van der Waals surface area contributed by atoms with Crippen LogP contribution in [0.5, 0.6) is 0 Å². The molecule has 1 aromatic heterocycles. The van der Waals surface area contributed by atoms with Gasteiger partial charge in [-0.1, -0.05) is 0 Å². The summed E-state index contributed by atoms with van der Waals surface area (Å²) in [5.74, 6) is -0.882. The van der Waals surface area contributed by atoms with Crippen molar-refractivity contribution >= 4 is 17.6 Å². The Morgan fingerprint density at radius 2 is 2.05 bits per heavy atom. The van der Waals surface area contributed by atoms with E-state index in [0.29, 0.717) is 12.2 Å². The largest absolute Gasteiger partial charge is 0.468 e. The molecule has 0 saturated heterocycles. The molecular formula is C12H18N4O5. The molecule has 9 heteroatoms. The van der Waals surface area contributed by atoms with Crippen LogP contribution in [-0.4, -0.2) is 51.7 Å². The summed E-state index contributed by atoms with van der Waals surface area (Å²) in [4.78, 5) is 35.0. The molecule has 0 aromatic carbocycles. The molecule has 0 N–H and O–H groups in total. The lowest BCUT2D eigenvalue weighted by Gasteiger charge is -2.19. The molecule has 116 valence electrons. The molecule has 0 fully saturated rings. The van der Waals surface area contributed by atoms with Crippen molar-refractivity contribution in [1.29, 1.82) is 0 Å². The number of esters is 1. The third kappa shape index (κ3) is 3.77. The van der Waals surface area contributed by atoms with Crippen molar-refractivity contribution in [1.82, 2.24) is 14.7 Å². The van der Waals surface area contributed by atoms with Gasteiger partial charge >= 0.3 is 11.7 Å². The zero-order chi connectivity index (χ0) is 16.2. The number of ether oxygens (including phenoxy) is 1. The number of amides is 1. The molecule has 0 atom stereocenters. The summed E-state index contributed by atoms with van der Waals surface area (Å²) in [6.45, 7) is 4.78. The molecule has 1 amide bonds. The third-order valence-electron chi connectivity index (χ3n) is 3.09. The molecule has 0 spiro atoms. The molecule has 1 aromatic rings. The van der Waals surface area contributed by atoms with Crippen LogP contribution in [-0.2, 0) is 20.9 Å². The van der Waals surface area contributed by atoms with Crippen molar-refractivity contribution in [3.63, 3.8) is 0 Å². The van der Waals surface area contributed by atoms with Crippen LogP contribution in [0.25, 0.3) is 0 Å². The van der Waals surface area contributed by atoms with Gasteiger partial charge in [-0.25, -0.2) is 0 Å². The zero-order valence-corrected chi connectivity index (χ0v) is 12.5. The standard InChI is InChI=1S/C12H18N4O5/c1-5-14(7-11(18)21-4)10(17)6-15-9(3)12(16(19)20)8(2)13-15/h5-7H2,1-4H3. The molecule has 21 heavy (non-hydrogen) atoms. The van der Waals surface area contributed by atoms with Crippen molar-refractivity contribution in [2.24, 2.45) is 0 Å². The van der Waals surface area contributed by atoms with E-state index in [1.54, 1.807) is 6.92 Å². The molecule has 0 aliphatic carbocycles. The molecular weight excluding hydrogens is 280 g/mol. The first-order valence-electron chi connectivity index (χ1n) is 6.34. The van der Waals surface area contributed by atoms with Crippen molar-refractivity contribution in [2.45, 2.75) is 27.3 Å². The molecule has 0 saturated carbocycles. The average molecular weight is 298 g/mol. The van der Waals surface area contributed by atoms with Crippen LogP contribution in [0, 0.1) is 24.0 Å². The Bertz CT molecular complexity index is 566. The Labute approximate surface area is 121 Å². The molecule has 1 heterocycles. The minimum atomic E-state index is -0.524. The van der Waals surface area contributed by atoms with Crippen LogP contribution in [0.4, 0.5) is 5.69 Å². The van der Waals surface area contributed by atoms with E-state index in [1.165, 1.54) is 30.5 Å². The predicted octanol–water partition coefficient (Wildman–Crippen LogP) is 0.430. The van der Waals surface area contributed by atoms with Crippen LogP contribution in [0.2, 0.25) is 0 Å². The van der Waals surface area contributed by atoms with Gasteiger partial charge < -0.3 is 9.64 Å². The van der Waals surface area contributed by atoms with Crippen molar-refractivity contribution in [2.75, 3.05) is 20.2 Å². The molecule has 1 rings (SSSR count). The van der Waals surface area contributed by atoms with Crippen LogP contribution in [0.15, 0.2) is 0 Å². The van der Waals surface area contributed by atoms with E-state index in [9.17, 15) is 19.7 Å². The van der Waals surface area contributed by atoms with E-state index in [4.69, 9.17) is 0 Å². The van der Waals surface area contributed by atoms with Gasteiger partial charge in [0, 0.05) is 6.54 Å². The highest BCUT2D eigenvalue weighted by Crippen LogP contribution is 2.21. The first kappa shape index (κ1) is 16.6. The summed E-state index contributed by atoms with van der Waals surface area (Å²) in [7, 11) is 1.24. The zero-order valence-electron chi connectivity index (χ0n) is 12.5. The lowest BCUT2D eigenvalue weighted by atomic mass is 10.3. The Kier molecular flexibility index (Phi) is 5.39. The van der Waals surface area contributed by atoms with E-state index in [1.807, 2.05) is 0 Å². The number of hydrogen-bond donors (Lipinski definition) is 0. The molecule has 0 unspecified atom stereocenters. The number of hydrogen-bond acceptors (Lipinski definition) is 6. The molecule has 0 radical (unpaired) electrons. The number of rotatable bonds is 6. The Morgan fingerprint density at radius 3 is 2.48 bits per heavy atom. The number of carbonyl (C=O) groups excluding carboxylic acids is 2. The SMILES string of the molecule is CCN(CC(=O)OC)C(=O)Cn1nc(C)c([N+](=O)[O-])c1C. The van der Waals surface area contributed by atoms with E-state index in [-0.39, 0.29) is 30.4 Å². The van der Waals surface area contributed by atoms with E-state index >= 15 is 0 Å². The van der Waals surface area contributed by atoms with Crippen molar-refractivity contribution in [3.8, 4) is 0 Å². The van der Waals surface area contributed by atoms with Crippen LogP contribution in [0.1, 0.15) is 18.3 Å². The van der Waals surface area contributed by atoms with Gasteiger partial charge in [-0.15, -0.1) is 0 Å². The van der Waals surface area contributed by atoms with Crippen molar-refractivity contribution in [3.05, 3.63) is 21.5 Å². The fraction of sp³-hybridized carbons (Fsp3) is 0.583. The summed E-state index contributed by atoms with van der Waals surface area (Å²) in [5, 5.41) is 14.9. The van der Waals surface area contributed by atoms with Crippen molar-refractivity contribution < 1.29 is 19.2 Å². The van der Waals surface area contributed by atoms with Gasteiger partial charge in [-0.3, -0.25) is 24.4 Å². The summed E-state index contributed by atoms with van der Waals surface area (Å²) >= 11 is 0. The maximum atomic E-state index is 12.1. The van der Waals surface area contributed by atoms with E-state index in [0.717, 1.165) is 0 Å². The topological polar surface area (TPSA) is 108 Å². The lowest BCUT2D eigenvalue weighted by molar-refractivity contribution is -0.386. The van der Waals surface area contributed by atoms with Gasteiger partial charge in [-0.05, 0) is 20.8 Å². The summed E-state index contributed by atoms with van der Waals surface area (Å²) in [6, 6.07) is 0. The predicted molar refractivity (Wildman–Crippen MR) is 72.6 cm³/mol. The van der Waals surface area contributed by atoms with Gasteiger partial charge in [0.25, 0.3) is 0 Å². The van der Waals surface area contributed by atoms with E-state index in [2.05, 4.69) is 9.84 Å². The first-order valence-corrected chi connectivity index (χ1v) is 6.34. The molecule has 0 bridgehead atoms. The smallest absolute Gasteiger partial charge is 0.325 e. The van der Waals surface area contributed by atoms with Gasteiger partial charge in [-0.2, -0.15) is 5.10 Å². The summed E-state index contributed by atoms with van der Waals surface area (Å²) in [5.41, 5.74) is 0.458. The maximum Gasteiger partial charge on any atom is 0.325 e. The number of nitrogens with zero attached hydrogens (tertiary/aromatic N) is 4. The second-order valence-electron chi connectivity index (χ2n) is 4.42. The fourth-order valence-corrected chi connectivity index (χ4v) is 1.93. The molecule has 9 nitrogen and oxygen atoms in total. The van der Waals surface area contributed by atoms with Gasteiger partial charge in [0.1, 0.15) is 24.5 Å². The Morgan fingerprint density at radius 1 is 1.43 bits per heavy atom. The van der Waals surface area contributed by atoms with Crippen LogP contribution >= 0.6 is 0 Å². The second-order valence-corrected chi connectivity index (χ2v) is 4.42. The third-order valence-corrected chi connectivity index (χ3v) is 3.09. The number of likely N-dealkylation sites (N-methyl/N-ethyl adjacent to an activating group) is 1.